The number of rotatable bonds is 5. The quantitative estimate of drug-likeness (QED) is 0.899. The average molecular weight is 331 g/mol. The van der Waals surface area contributed by atoms with E-state index in [0.29, 0.717) is 5.95 Å². The van der Waals surface area contributed by atoms with E-state index in [1.807, 2.05) is 32.0 Å². The second-order valence-corrected chi connectivity index (χ2v) is 6.54. The van der Waals surface area contributed by atoms with Crippen LogP contribution >= 0.6 is 11.6 Å². The number of hydrogen-bond acceptors (Lipinski definition) is 4. The summed E-state index contributed by atoms with van der Waals surface area (Å²) in [4.78, 5) is 11.4. The third-order valence-electron chi connectivity index (χ3n) is 4.28. The fraction of sp³-hybridized carbons (Fsp3) is 0.444. The van der Waals surface area contributed by atoms with Gasteiger partial charge in [-0.1, -0.05) is 29.8 Å². The summed E-state index contributed by atoms with van der Waals surface area (Å²) in [5.74, 6) is 0.693. The summed E-state index contributed by atoms with van der Waals surface area (Å²) >= 11 is 6.44. The molecule has 2 heterocycles. The van der Waals surface area contributed by atoms with E-state index in [4.69, 9.17) is 11.6 Å². The highest BCUT2D eigenvalue weighted by molar-refractivity contribution is 6.31. The zero-order valence-electron chi connectivity index (χ0n) is 13.7. The van der Waals surface area contributed by atoms with Crippen molar-refractivity contribution in [2.45, 2.75) is 32.7 Å². The fourth-order valence-corrected chi connectivity index (χ4v) is 3.49. The molecule has 1 aliphatic heterocycles. The molecule has 0 saturated carbocycles. The molecule has 4 nitrogen and oxygen atoms in total. The van der Waals surface area contributed by atoms with Crippen LogP contribution in [0.2, 0.25) is 5.02 Å². The lowest BCUT2D eigenvalue weighted by molar-refractivity contribution is 0.256. The monoisotopic (exact) mass is 330 g/mol. The Balaban J connectivity index is 1.80. The van der Waals surface area contributed by atoms with E-state index in [2.05, 4.69) is 32.3 Å². The summed E-state index contributed by atoms with van der Waals surface area (Å²) in [5.41, 5.74) is 3.14. The summed E-state index contributed by atoms with van der Waals surface area (Å²) in [6, 6.07) is 10.3. The molecular formula is C18H23ClN4. The van der Waals surface area contributed by atoms with Gasteiger partial charge in [0.05, 0.1) is 6.04 Å². The van der Waals surface area contributed by atoms with Crippen LogP contribution in [0.1, 0.15) is 35.8 Å². The zero-order chi connectivity index (χ0) is 16.2. The van der Waals surface area contributed by atoms with Gasteiger partial charge in [0.25, 0.3) is 0 Å². The minimum Gasteiger partial charge on any atom is -0.352 e. The van der Waals surface area contributed by atoms with Gasteiger partial charge in [0.2, 0.25) is 5.95 Å². The van der Waals surface area contributed by atoms with Crippen LogP contribution < -0.4 is 5.32 Å². The number of likely N-dealkylation sites (tertiary alicyclic amines) is 1. The third-order valence-corrected chi connectivity index (χ3v) is 4.63. The number of nitrogens with zero attached hydrogens (tertiary/aromatic N) is 3. The molecule has 0 amide bonds. The van der Waals surface area contributed by atoms with E-state index >= 15 is 0 Å². The number of aryl methyl sites for hydroxylation is 2. The molecule has 1 saturated heterocycles. The van der Waals surface area contributed by atoms with Gasteiger partial charge in [-0.25, -0.2) is 9.97 Å². The number of hydrogen-bond donors (Lipinski definition) is 1. The number of anilines is 1. The van der Waals surface area contributed by atoms with Crippen molar-refractivity contribution in [1.82, 2.24) is 14.9 Å². The van der Waals surface area contributed by atoms with Crippen LogP contribution in [0.25, 0.3) is 0 Å². The predicted octanol–water partition coefficient (Wildman–Crippen LogP) is 4.00. The molecule has 2 aromatic rings. The first-order valence-electron chi connectivity index (χ1n) is 8.18. The molecule has 1 aromatic heterocycles. The fourth-order valence-electron chi connectivity index (χ4n) is 3.23. The normalized spacial score (nSPS) is 16.5. The van der Waals surface area contributed by atoms with E-state index in [1.54, 1.807) is 0 Å². The lowest BCUT2D eigenvalue weighted by atomic mass is 10.1. The molecule has 3 rings (SSSR count). The second-order valence-electron chi connectivity index (χ2n) is 6.14. The number of aromatic nitrogens is 2. The summed E-state index contributed by atoms with van der Waals surface area (Å²) in [6.45, 7) is 6.97. The van der Waals surface area contributed by atoms with Crippen molar-refractivity contribution in [1.29, 1.82) is 0 Å². The van der Waals surface area contributed by atoms with E-state index in [1.165, 1.54) is 18.4 Å². The van der Waals surface area contributed by atoms with Crippen LogP contribution in [0.5, 0.6) is 0 Å². The van der Waals surface area contributed by atoms with Crippen LogP contribution in [0.15, 0.2) is 30.3 Å². The molecule has 0 aliphatic carbocycles. The van der Waals surface area contributed by atoms with Crippen LogP contribution in [-0.4, -0.2) is 34.5 Å². The van der Waals surface area contributed by atoms with E-state index < -0.39 is 0 Å². The van der Waals surface area contributed by atoms with E-state index in [-0.39, 0.29) is 6.04 Å². The standard InChI is InChI=1S/C18H23ClN4/c1-13-11-14(2)22-18(21-13)20-12-17(23-9-5-6-10-23)15-7-3-4-8-16(15)19/h3-4,7-8,11,17H,5-6,9-10,12H2,1-2H3,(H,20,21,22). The van der Waals surface area contributed by atoms with Gasteiger partial charge in [-0.05, 0) is 57.5 Å². The molecule has 1 N–H and O–H groups in total. The smallest absolute Gasteiger partial charge is 0.223 e. The minimum atomic E-state index is 0.246. The SMILES string of the molecule is Cc1cc(C)nc(NCC(c2ccccc2Cl)N2CCCC2)n1. The molecule has 0 spiro atoms. The molecule has 122 valence electrons. The number of halogens is 1. The van der Waals surface area contributed by atoms with Crippen LogP contribution in [0, 0.1) is 13.8 Å². The highest BCUT2D eigenvalue weighted by Gasteiger charge is 2.25. The highest BCUT2D eigenvalue weighted by Crippen LogP contribution is 2.30. The lowest BCUT2D eigenvalue weighted by Crippen LogP contribution is -2.31. The zero-order valence-corrected chi connectivity index (χ0v) is 14.5. The average Bonchev–Trinajstić information content (AvgIpc) is 3.02. The van der Waals surface area contributed by atoms with Gasteiger partial charge in [-0.2, -0.15) is 0 Å². The van der Waals surface area contributed by atoms with Crippen LogP contribution in [0.4, 0.5) is 5.95 Å². The Kier molecular flexibility index (Phi) is 5.13. The number of benzene rings is 1. The third kappa shape index (κ3) is 4.01. The van der Waals surface area contributed by atoms with Gasteiger partial charge in [0, 0.05) is 23.0 Å². The molecule has 1 aromatic carbocycles. The minimum absolute atomic E-state index is 0.246. The Labute approximate surface area is 142 Å². The topological polar surface area (TPSA) is 41.1 Å². The van der Waals surface area contributed by atoms with Crippen LogP contribution in [-0.2, 0) is 0 Å². The largest absolute Gasteiger partial charge is 0.352 e. The Hall–Kier alpha value is -1.65. The van der Waals surface area contributed by atoms with Gasteiger partial charge in [0.15, 0.2) is 0 Å². The highest BCUT2D eigenvalue weighted by atomic mass is 35.5. The molecule has 0 bridgehead atoms. The first-order chi connectivity index (χ1) is 11.1. The summed E-state index contributed by atoms with van der Waals surface area (Å²) in [5, 5.41) is 4.23. The first-order valence-corrected chi connectivity index (χ1v) is 8.56. The summed E-state index contributed by atoms with van der Waals surface area (Å²) in [7, 11) is 0. The molecule has 1 atom stereocenters. The van der Waals surface area contributed by atoms with Crippen molar-refractivity contribution in [2.75, 3.05) is 25.0 Å². The Morgan fingerprint density at radius 1 is 1.13 bits per heavy atom. The molecule has 1 unspecified atom stereocenters. The van der Waals surface area contributed by atoms with Crippen molar-refractivity contribution in [3.63, 3.8) is 0 Å². The molecular weight excluding hydrogens is 308 g/mol. The van der Waals surface area contributed by atoms with Crippen molar-refractivity contribution in [3.05, 3.63) is 52.3 Å². The Bertz CT molecular complexity index is 648. The maximum absolute atomic E-state index is 6.44. The summed E-state index contributed by atoms with van der Waals surface area (Å²) in [6.07, 6.45) is 2.50. The van der Waals surface area contributed by atoms with E-state index in [9.17, 15) is 0 Å². The summed E-state index contributed by atoms with van der Waals surface area (Å²) < 4.78 is 0. The molecule has 1 fully saturated rings. The molecule has 5 heteroatoms. The van der Waals surface area contributed by atoms with Crippen LogP contribution in [0.3, 0.4) is 0 Å². The van der Waals surface area contributed by atoms with Gasteiger partial charge in [-0.15, -0.1) is 0 Å². The number of nitrogens with one attached hydrogen (secondary N) is 1. The van der Waals surface area contributed by atoms with Gasteiger partial charge < -0.3 is 5.32 Å². The van der Waals surface area contributed by atoms with Gasteiger partial charge in [0.1, 0.15) is 0 Å². The van der Waals surface area contributed by atoms with Crippen molar-refractivity contribution in [3.8, 4) is 0 Å². The van der Waals surface area contributed by atoms with Gasteiger partial charge in [-0.3, -0.25) is 4.90 Å². The van der Waals surface area contributed by atoms with Crippen molar-refractivity contribution < 1.29 is 0 Å². The van der Waals surface area contributed by atoms with Crippen molar-refractivity contribution in [2.24, 2.45) is 0 Å². The first kappa shape index (κ1) is 16.2. The van der Waals surface area contributed by atoms with E-state index in [0.717, 1.165) is 36.0 Å². The molecule has 0 radical (unpaired) electrons. The Morgan fingerprint density at radius 2 is 1.78 bits per heavy atom. The maximum atomic E-state index is 6.44. The lowest BCUT2D eigenvalue weighted by Gasteiger charge is -2.29. The molecule has 1 aliphatic rings. The molecule has 23 heavy (non-hydrogen) atoms. The second kappa shape index (κ2) is 7.28. The van der Waals surface area contributed by atoms with Gasteiger partial charge >= 0.3 is 0 Å². The predicted molar refractivity (Wildman–Crippen MR) is 95.0 cm³/mol. The maximum Gasteiger partial charge on any atom is 0.223 e. The Morgan fingerprint density at radius 3 is 2.43 bits per heavy atom. The van der Waals surface area contributed by atoms with Crippen molar-refractivity contribution >= 4 is 17.5 Å².